The van der Waals surface area contributed by atoms with Gasteiger partial charge in [-0.25, -0.2) is 0 Å². The zero-order chi connectivity index (χ0) is 18.1. The molecule has 1 N–H and O–H groups in total. The number of nitrogens with zero attached hydrogens (tertiary/aromatic N) is 5. The molecule has 6 nitrogen and oxygen atoms in total. The van der Waals surface area contributed by atoms with Gasteiger partial charge in [0.05, 0.1) is 6.54 Å². The molecule has 11 heteroatoms. The van der Waals surface area contributed by atoms with Crippen LogP contribution in [-0.4, -0.2) is 37.5 Å². The first-order chi connectivity index (χ1) is 11.7. The first kappa shape index (κ1) is 17.0. The summed E-state index contributed by atoms with van der Waals surface area (Å²) in [4.78, 5) is 3.64. The number of alkyl halides is 5. The normalized spacial score (nSPS) is 12.5. The van der Waals surface area contributed by atoms with Gasteiger partial charge >= 0.3 is 6.18 Å². The van der Waals surface area contributed by atoms with E-state index in [0.717, 1.165) is 10.7 Å². The Balaban J connectivity index is 1.79. The lowest BCUT2D eigenvalue weighted by Gasteiger charge is -2.17. The molecular formula is C14H11F5N6. The predicted molar refractivity (Wildman–Crippen MR) is 77.2 cm³/mol. The summed E-state index contributed by atoms with van der Waals surface area (Å²) in [5, 5.41) is 13.2. The summed E-state index contributed by atoms with van der Waals surface area (Å²) in [5.74, 6) is -3.68. The molecule has 132 valence electrons. The van der Waals surface area contributed by atoms with E-state index >= 15 is 0 Å². The average Bonchev–Trinajstić information content (AvgIpc) is 2.94. The third-order valence-corrected chi connectivity index (χ3v) is 3.26. The Hall–Kier alpha value is -2.85. The molecule has 0 aliphatic heterocycles. The Morgan fingerprint density at radius 2 is 1.84 bits per heavy atom. The van der Waals surface area contributed by atoms with Gasteiger partial charge in [0.15, 0.2) is 11.5 Å². The van der Waals surface area contributed by atoms with Crippen LogP contribution in [0.2, 0.25) is 0 Å². The van der Waals surface area contributed by atoms with Gasteiger partial charge in [0.2, 0.25) is 0 Å². The Bertz CT molecular complexity index is 861. The van der Waals surface area contributed by atoms with Crippen molar-refractivity contribution in [2.45, 2.75) is 18.5 Å². The van der Waals surface area contributed by atoms with E-state index in [1.165, 1.54) is 30.5 Å². The van der Waals surface area contributed by atoms with Crippen molar-refractivity contribution in [3.05, 3.63) is 48.0 Å². The Morgan fingerprint density at radius 3 is 2.52 bits per heavy atom. The minimum atomic E-state index is -4.48. The van der Waals surface area contributed by atoms with Crippen LogP contribution in [0.15, 0.2) is 36.7 Å². The first-order valence-electron chi connectivity index (χ1n) is 7.05. The van der Waals surface area contributed by atoms with Crippen molar-refractivity contribution in [1.82, 2.24) is 24.8 Å². The number of fused-ring (bicyclic) bond motifs is 1. The Morgan fingerprint density at radius 1 is 1.04 bits per heavy atom. The van der Waals surface area contributed by atoms with Gasteiger partial charge in [0.1, 0.15) is 12.2 Å². The molecular weight excluding hydrogens is 347 g/mol. The molecule has 3 aromatic rings. The number of hydrogen-bond acceptors (Lipinski definition) is 5. The zero-order valence-electron chi connectivity index (χ0n) is 12.5. The van der Waals surface area contributed by atoms with Gasteiger partial charge in [-0.15, -0.1) is 15.3 Å². The molecule has 0 spiro atoms. The topological polar surface area (TPSA) is 68.0 Å². The Kier molecular flexibility index (Phi) is 4.23. The molecule has 0 saturated heterocycles. The standard InChI is InChI=1S/C14H11F5N6/c15-13(16,9-2-1-5-20-7-9)8-21-10-3-4-11-22-23-12(25(11)24-10)6-14(17,18)19/h1-5,7H,6,8H2,(H,21,24). The number of anilines is 1. The van der Waals surface area contributed by atoms with E-state index in [0.29, 0.717) is 0 Å². The molecule has 3 aromatic heterocycles. The predicted octanol–water partition coefficient (Wildman–Crippen LogP) is 2.83. The van der Waals surface area contributed by atoms with Crippen LogP contribution in [0, 0.1) is 0 Å². The lowest BCUT2D eigenvalue weighted by molar-refractivity contribution is -0.128. The van der Waals surface area contributed by atoms with Gasteiger partial charge < -0.3 is 5.32 Å². The summed E-state index contributed by atoms with van der Waals surface area (Å²) in [6.45, 7) is -0.798. The van der Waals surface area contributed by atoms with Crippen molar-refractivity contribution >= 4 is 11.5 Å². The highest BCUT2D eigenvalue weighted by Gasteiger charge is 2.32. The quantitative estimate of drug-likeness (QED) is 0.711. The fourth-order valence-corrected chi connectivity index (χ4v) is 2.10. The van der Waals surface area contributed by atoms with E-state index in [1.54, 1.807) is 0 Å². The molecule has 0 aliphatic carbocycles. The highest BCUT2D eigenvalue weighted by molar-refractivity contribution is 5.44. The SMILES string of the molecule is FC(F)(F)Cc1nnc2ccc(NCC(F)(F)c3cccnc3)nn12. The van der Waals surface area contributed by atoms with Crippen molar-refractivity contribution in [1.29, 1.82) is 0 Å². The minimum absolute atomic E-state index is 0.0284. The summed E-state index contributed by atoms with van der Waals surface area (Å²) in [6.07, 6.45) is -3.39. The molecule has 0 amide bonds. The second kappa shape index (κ2) is 6.22. The number of hydrogen-bond donors (Lipinski definition) is 1. The number of pyridine rings is 1. The highest BCUT2D eigenvalue weighted by Crippen LogP contribution is 2.27. The first-order valence-corrected chi connectivity index (χ1v) is 7.05. The maximum Gasteiger partial charge on any atom is 0.396 e. The molecule has 0 radical (unpaired) electrons. The van der Waals surface area contributed by atoms with E-state index in [9.17, 15) is 22.0 Å². The van der Waals surface area contributed by atoms with Crippen LogP contribution in [0.4, 0.5) is 27.8 Å². The number of aromatic nitrogens is 5. The number of nitrogens with one attached hydrogen (secondary N) is 1. The maximum atomic E-state index is 14.1. The molecule has 3 heterocycles. The number of halogens is 5. The molecule has 0 atom stereocenters. The summed E-state index contributed by atoms with van der Waals surface area (Å²) in [7, 11) is 0. The van der Waals surface area contributed by atoms with Crippen LogP contribution in [0.1, 0.15) is 11.4 Å². The summed E-state index contributed by atoms with van der Waals surface area (Å²) >= 11 is 0. The van der Waals surface area contributed by atoms with Gasteiger partial charge in [-0.2, -0.15) is 26.5 Å². The fourth-order valence-electron chi connectivity index (χ4n) is 2.10. The molecule has 0 aliphatic rings. The van der Waals surface area contributed by atoms with E-state index < -0.39 is 30.9 Å². The molecule has 0 bridgehead atoms. The Labute approximate surface area is 137 Å². The third-order valence-electron chi connectivity index (χ3n) is 3.26. The molecule has 25 heavy (non-hydrogen) atoms. The minimum Gasteiger partial charge on any atom is -0.362 e. The second-order valence-corrected chi connectivity index (χ2v) is 5.20. The zero-order valence-corrected chi connectivity index (χ0v) is 12.5. The van der Waals surface area contributed by atoms with Gasteiger partial charge in [0.25, 0.3) is 5.92 Å². The van der Waals surface area contributed by atoms with Gasteiger partial charge in [-0.1, -0.05) is 0 Å². The summed E-state index contributed by atoms with van der Waals surface area (Å²) in [6, 6.07) is 5.28. The van der Waals surface area contributed by atoms with Gasteiger partial charge in [-0.05, 0) is 24.3 Å². The van der Waals surface area contributed by atoms with E-state index in [-0.39, 0.29) is 17.0 Å². The van der Waals surface area contributed by atoms with Crippen molar-refractivity contribution in [3.8, 4) is 0 Å². The van der Waals surface area contributed by atoms with Crippen LogP contribution < -0.4 is 5.32 Å². The third kappa shape index (κ3) is 3.98. The van der Waals surface area contributed by atoms with Gasteiger partial charge in [0, 0.05) is 18.0 Å². The maximum absolute atomic E-state index is 14.1. The monoisotopic (exact) mass is 358 g/mol. The average molecular weight is 358 g/mol. The van der Waals surface area contributed by atoms with Crippen LogP contribution in [-0.2, 0) is 12.3 Å². The molecule has 0 unspecified atom stereocenters. The molecule has 0 fully saturated rings. The highest BCUT2D eigenvalue weighted by atomic mass is 19.4. The summed E-state index contributed by atoms with van der Waals surface area (Å²) < 4.78 is 66.6. The van der Waals surface area contributed by atoms with Crippen molar-refractivity contribution in [2.75, 3.05) is 11.9 Å². The van der Waals surface area contributed by atoms with E-state index in [1.807, 2.05) is 0 Å². The van der Waals surface area contributed by atoms with Crippen molar-refractivity contribution < 1.29 is 22.0 Å². The largest absolute Gasteiger partial charge is 0.396 e. The van der Waals surface area contributed by atoms with Gasteiger partial charge in [-0.3, -0.25) is 4.98 Å². The number of rotatable bonds is 5. The van der Waals surface area contributed by atoms with Crippen molar-refractivity contribution in [2.24, 2.45) is 0 Å². The molecule has 3 rings (SSSR count). The van der Waals surface area contributed by atoms with Crippen LogP contribution in [0.5, 0.6) is 0 Å². The summed E-state index contributed by atoms with van der Waals surface area (Å²) in [5.41, 5.74) is -0.200. The molecule has 0 aromatic carbocycles. The van der Waals surface area contributed by atoms with Crippen LogP contribution >= 0.6 is 0 Å². The van der Waals surface area contributed by atoms with Crippen LogP contribution in [0.3, 0.4) is 0 Å². The van der Waals surface area contributed by atoms with Crippen LogP contribution in [0.25, 0.3) is 5.65 Å². The lowest BCUT2D eigenvalue weighted by atomic mass is 10.1. The second-order valence-electron chi connectivity index (χ2n) is 5.20. The van der Waals surface area contributed by atoms with E-state index in [4.69, 9.17) is 0 Å². The van der Waals surface area contributed by atoms with Crippen molar-refractivity contribution in [3.63, 3.8) is 0 Å². The smallest absolute Gasteiger partial charge is 0.362 e. The lowest BCUT2D eigenvalue weighted by Crippen LogP contribution is -2.25. The molecule has 0 saturated carbocycles. The fraction of sp³-hybridized carbons (Fsp3) is 0.286. The van der Waals surface area contributed by atoms with E-state index in [2.05, 4.69) is 25.6 Å².